The average molecular weight is 273 g/mol. The van der Waals surface area contributed by atoms with E-state index in [1.54, 1.807) is 13.0 Å². The number of carboxylic acids is 2. The van der Waals surface area contributed by atoms with Crippen LogP contribution in [0.3, 0.4) is 0 Å². The molecule has 1 rings (SSSR count). The van der Waals surface area contributed by atoms with Gasteiger partial charge in [0.15, 0.2) is 0 Å². The SMILES string of the molecule is Cc1cc(CC(CC(=O)O)C(=O)O)cc(Cl)c1O. The highest BCUT2D eigenvalue weighted by Crippen LogP contribution is 2.29. The predicted octanol–water partition coefficient (Wildman–Crippen LogP) is 2.07. The largest absolute Gasteiger partial charge is 0.506 e. The highest BCUT2D eigenvalue weighted by molar-refractivity contribution is 6.32. The number of benzene rings is 1. The summed E-state index contributed by atoms with van der Waals surface area (Å²) >= 11 is 5.77. The Hall–Kier alpha value is -1.75. The molecule has 0 radical (unpaired) electrons. The summed E-state index contributed by atoms with van der Waals surface area (Å²) in [6.07, 6.45) is -0.394. The Kier molecular flexibility index (Phi) is 4.55. The molecule has 0 aliphatic rings. The van der Waals surface area contributed by atoms with Crippen LogP contribution in [0.1, 0.15) is 17.5 Å². The van der Waals surface area contributed by atoms with E-state index in [1.807, 2.05) is 0 Å². The number of hydrogen-bond donors (Lipinski definition) is 3. The topological polar surface area (TPSA) is 94.8 Å². The van der Waals surface area contributed by atoms with Crippen molar-refractivity contribution in [2.75, 3.05) is 0 Å². The van der Waals surface area contributed by atoms with E-state index in [4.69, 9.17) is 21.8 Å². The van der Waals surface area contributed by atoms with Crippen LogP contribution in [0.15, 0.2) is 12.1 Å². The first-order valence-electron chi connectivity index (χ1n) is 5.24. The van der Waals surface area contributed by atoms with Crippen molar-refractivity contribution in [1.82, 2.24) is 0 Å². The minimum atomic E-state index is -1.17. The van der Waals surface area contributed by atoms with E-state index in [0.717, 1.165) is 0 Å². The molecule has 0 amide bonds. The minimum Gasteiger partial charge on any atom is -0.506 e. The van der Waals surface area contributed by atoms with Crippen molar-refractivity contribution < 1.29 is 24.9 Å². The number of aromatic hydroxyl groups is 1. The third-order valence-electron chi connectivity index (χ3n) is 2.57. The van der Waals surface area contributed by atoms with Gasteiger partial charge in [-0.05, 0) is 30.5 Å². The predicted molar refractivity (Wildman–Crippen MR) is 64.9 cm³/mol. The van der Waals surface area contributed by atoms with Crippen molar-refractivity contribution in [3.05, 3.63) is 28.3 Å². The number of rotatable bonds is 5. The fourth-order valence-corrected chi connectivity index (χ4v) is 1.96. The van der Waals surface area contributed by atoms with E-state index < -0.39 is 24.3 Å². The second kappa shape index (κ2) is 5.73. The molecule has 0 fully saturated rings. The summed E-state index contributed by atoms with van der Waals surface area (Å²) in [5, 5.41) is 27.2. The second-order valence-electron chi connectivity index (χ2n) is 4.08. The van der Waals surface area contributed by atoms with Gasteiger partial charge in [-0.3, -0.25) is 9.59 Å². The molecular formula is C12H13ClO5. The van der Waals surface area contributed by atoms with Crippen LogP contribution in [0, 0.1) is 12.8 Å². The maximum Gasteiger partial charge on any atom is 0.307 e. The molecule has 6 heteroatoms. The van der Waals surface area contributed by atoms with Crippen LogP contribution >= 0.6 is 11.6 Å². The van der Waals surface area contributed by atoms with Gasteiger partial charge in [0, 0.05) is 0 Å². The Morgan fingerprint density at radius 3 is 2.39 bits per heavy atom. The number of phenols is 1. The van der Waals surface area contributed by atoms with Crippen LogP contribution in [0.2, 0.25) is 5.02 Å². The van der Waals surface area contributed by atoms with E-state index in [-0.39, 0.29) is 17.2 Å². The van der Waals surface area contributed by atoms with Crippen molar-refractivity contribution in [3.8, 4) is 5.75 Å². The van der Waals surface area contributed by atoms with Crippen molar-refractivity contribution >= 4 is 23.5 Å². The maximum atomic E-state index is 10.9. The van der Waals surface area contributed by atoms with Crippen molar-refractivity contribution in [1.29, 1.82) is 0 Å². The maximum absolute atomic E-state index is 10.9. The molecule has 98 valence electrons. The van der Waals surface area contributed by atoms with Gasteiger partial charge in [0.2, 0.25) is 0 Å². The number of aliphatic carboxylic acids is 2. The Morgan fingerprint density at radius 1 is 1.33 bits per heavy atom. The quantitative estimate of drug-likeness (QED) is 0.763. The molecule has 5 nitrogen and oxygen atoms in total. The fraction of sp³-hybridized carbons (Fsp3) is 0.333. The van der Waals surface area contributed by atoms with Gasteiger partial charge in [0.05, 0.1) is 17.4 Å². The Bertz CT molecular complexity index is 460. The molecule has 0 heterocycles. The lowest BCUT2D eigenvalue weighted by Crippen LogP contribution is -2.20. The number of aryl methyl sites for hydroxylation is 1. The third kappa shape index (κ3) is 3.63. The monoisotopic (exact) mass is 272 g/mol. The molecule has 0 bridgehead atoms. The summed E-state index contributed by atoms with van der Waals surface area (Å²) in [6, 6.07) is 3.04. The third-order valence-corrected chi connectivity index (χ3v) is 2.85. The molecule has 3 N–H and O–H groups in total. The summed E-state index contributed by atoms with van der Waals surface area (Å²) < 4.78 is 0. The minimum absolute atomic E-state index is 0.0504. The first kappa shape index (κ1) is 14.3. The lowest BCUT2D eigenvalue weighted by Gasteiger charge is -2.11. The van der Waals surface area contributed by atoms with E-state index in [9.17, 15) is 14.7 Å². The number of phenolic OH excluding ortho intramolecular Hbond substituents is 1. The standard InChI is InChI=1S/C12H13ClO5/c1-6-2-7(4-9(13)11(6)16)3-8(12(17)18)5-10(14)15/h2,4,8,16H,3,5H2,1H3,(H,14,15)(H,17,18). The van der Waals surface area contributed by atoms with Crippen molar-refractivity contribution in [2.45, 2.75) is 19.8 Å². The number of halogens is 1. The molecule has 1 aromatic carbocycles. The number of carboxylic acid groups (broad SMARTS) is 2. The van der Waals surface area contributed by atoms with Crippen molar-refractivity contribution in [3.63, 3.8) is 0 Å². The summed E-state index contributed by atoms with van der Waals surface area (Å²) in [4.78, 5) is 21.5. The van der Waals surface area contributed by atoms with Gasteiger partial charge >= 0.3 is 11.9 Å². The second-order valence-corrected chi connectivity index (χ2v) is 4.49. The van der Waals surface area contributed by atoms with E-state index >= 15 is 0 Å². The van der Waals surface area contributed by atoms with Gasteiger partial charge in [-0.2, -0.15) is 0 Å². The summed E-state index contributed by atoms with van der Waals surface area (Å²) in [7, 11) is 0. The van der Waals surface area contributed by atoms with Gasteiger partial charge in [0.1, 0.15) is 5.75 Å². The fourth-order valence-electron chi connectivity index (χ4n) is 1.67. The highest BCUT2D eigenvalue weighted by atomic mass is 35.5. The zero-order chi connectivity index (χ0) is 13.9. The van der Waals surface area contributed by atoms with E-state index in [2.05, 4.69) is 0 Å². The lowest BCUT2D eigenvalue weighted by molar-refractivity contribution is -0.148. The first-order valence-corrected chi connectivity index (χ1v) is 5.61. The Labute approximate surface area is 109 Å². The van der Waals surface area contributed by atoms with E-state index in [1.165, 1.54) is 6.07 Å². The molecule has 0 aromatic heterocycles. The van der Waals surface area contributed by atoms with Gasteiger partial charge in [-0.25, -0.2) is 0 Å². The van der Waals surface area contributed by atoms with Crippen LogP contribution in [0.4, 0.5) is 0 Å². The highest BCUT2D eigenvalue weighted by Gasteiger charge is 2.22. The first-order chi connectivity index (χ1) is 8.31. The molecular weight excluding hydrogens is 260 g/mol. The molecule has 0 spiro atoms. The summed E-state index contributed by atoms with van der Waals surface area (Å²) in [6.45, 7) is 1.64. The molecule has 1 aromatic rings. The summed E-state index contributed by atoms with van der Waals surface area (Å²) in [5.74, 6) is -3.39. The zero-order valence-electron chi connectivity index (χ0n) is 9.68. The molecule has 0 aliphatic heterocycles. The molecule has 18 heavy (non-hydrogen) atoms. The molecule has 0 aliphatic carbocycles. The van der Waals surface area contributed by atoms with Crippen LogP contribution in [0.5, 0.6) is 5.75 Å². The zero-order valence-corrected chi connectivity index (χ0v) is 10.4. The Balaban J connectivity index is 2.94. The van der Waals surface area contributed by atoms with Gasteiger partial charge in [0.25, 0.3) is 0 Å². The number of carbonyl (C=O) groups is 2. The average Bonchev–Trinajstić information content (AvgIpc) is 2.24. The van der Waals surface area contributed by atoms with Gasteiger partial charge in [-0.15, -0.1) is 0 Å². The number of hydrogen-bond acceptors (Lipinski definition) is 3. The summed E-state index contributed by atoms with van der Waals surface area (Å²) in [5.41, 5.74) is 1.11. The van der Waals surface area contributed by atoms with Gasteiger partial charge in [-0.1, -0.05) is 17.7 Å². The smallest absolute Gasteiger partial charge is 0.307 e. The van der Waals surface area contributed by atoms with Crippen LogP contribution < -0.4 is 0 Å². The Morgan fingerprint density at radius 2 is 1.94 bits per heavy atom. The molecule has 0 saturated heterocycles. The molecule has 1 unspecified atom stereocenters. The van der Waals surface area contributed by atoms with E-state index in [0.29, 0.717) is 11.1 Å². The van der Waals surface area contributed by atoms with Crippen LogP contribution in [-0.4, -0.2) is 27.3 Å². The molecule has 1 atom stereocenters. The van der Waals surface area contributed by atoms with Gasteiger partial charge < -0.3 is 15.3 Å². The molecule has 0 saturated carbocycles. The van der Waals surface area contributed by atoms with Crippen molar-refractivity contribution in [2.24, 2.45) is 5.92 Å². The normalized spacial score (nSPS) is 12.1. The van der Waals surface area contributed by atoms with Crippen LogP contribution in [-0.2, 0) is 16.0 Å². The van der Waals surface area contributed by atoms with Crippen LogP contribution in [0.25, 0.3) is 0 Å². The lowest BCUT2D eigenvalue weighted by atomic mass is 9.95.